The second-order valence-corrected chi connectivity index (χ2v) is 7.55. The Labute approximate surface area is 126 Å². The molecule has 1 unspecified atom stereocenters. The Kier molecular flexibility index (Phi) is 4.11. The third-order valence-electron chi connectivity index (χ3n) is 2.69. The number of nitrogens with zero attached hydrogens (tertiary/aromatic N) is 1. The number of hydrogen-bond donors (Lipinski definition) is 2. The third-order valence-corrected chi connectivity index (χ3v) is 5.92. The summed E-state index contributed by atoms with van der Waals surface area (Å²) in [6.07, 6.45) is 0. The molecule has 0 aliphatic rings. The molecule has 3 N–H and O–H groups in total. The van der Waals surface area contributed by atoms with Gasteiger partial charge in [-0.25, -0.2) is 13.4 Å². The molecule has 2 rings (SSSR count). The molecule has 0 aliphatic heterocycles. The van der Waals surface area contributed by atoms with Gasteiger partial charge in [0.1, 0.15) is 11.0 Å². The van der Waals surface area contributed by atoms with Crippen LogP contribution in [-0.4, -0.2) is 30.8 Å². The highest BCUT2D eigenvalue weighted by atomic mass is 32.2. The van der Waals surface area contributed by atoms with Gasteiger partial charge in [0.2, 0.25) is 10.0 Å². The summed E-state index contributed by atoms with van der Waals surface area (Å²) in [6.45, 7) is 1.43. The van der Waals surface area contributed by atoms with Crippen molar-refractivity contribution >= 4 is 53.9 Å². The first kappa shape index (κ1) is 14.9. The molecule has 1 aromatic carbocycles. The van der Waals surface area contributed by atoms with Gasteiger partial charge >= 0.3 is 0 Å². The Bertz CT molecular complexity index is 755. The molecule has 1 atom stereocenters. The quantitative estimate of drug-likeness (QED) is 0.810. The summed E-state index contributed by atoms with van der Waals surface area (Å²) in [5.41, 5.74) is 6.06. The van der Waals surface area contributed by atoms with Crippen LogP contribution in [0, 0.1) is 0 Å². The van der Waals surface area contributed by atoms with E-state index in [0.717, 1.165) is 4.70 Å². The number of sulfonamides is 1. The molecular formula is C11H13N3O3S3. The summed E-state index contributed by atoms with van der Waals surface area (Å²) >= 11 is 5.92. The molecule has 0 fully saturated rings. The number of rotatable bonds is 5. The first-order valence-electron chi connectivity index (χ1n) is 5.59. The SMILES string of the molecule is COc1ccc2nc(NS(=O)(=O)C(C)C(N)=S)sc2c1. The molecule has 1 aromatic heterocycles. The number of fused-ring (bicyclic) bond motifs is 1. The number of hydrogen-bond acceptors (Lipinski definition) is 6. The first-order valence-corrected chi connectivity index (χ1v) is 8.36. The zero-order valence-corrected chi connectivity index (χ0v) is 13.2. The Morgan fingerprint density at radius 2 is 2.25 bits per heavy atom. The van der Waals surface area contributed by atoms with Crippen LogP contribution in [0.5, 0.6) is 5.75 Å². The van der Waals surface area contributed by atoms with Gasteiger partial charge < -0.3 is 10.5 Å². The fourth-order valence-electron chi connectivity index (χ4n) is 1.44. The summed E-state index contributed by atoms with van der Waals surface area (Å²) in [7, 11) is -2.11. The van der Waals surface area contributed by atoms with E-state index < -0.39 is 15.3 Å². The number of benzene rings is 1. The van der Waals surface area contributed by atoms with Crippen molar-refractivity contribution in [3.63, 3.8) is 0 Å². The molecule has 20 heavy (non-hydrogen) atoms. The number of nitrogens with two attached hydrogens (primary N) is 1. The second-order valence-electron chi connectivity index (χ2n) is 4.04. The van der Waals surface area contributed by atoms with Crippen molar-refractivity contribution in [1.29, 1.82) is 0 Å². The average molecular weight is 331 g/mol. The molecule has 9 heteroatoms. The maximum atomic E-state index is 12.0. The molecule has 0 spiro atoms. The summed E-state index contributed by atoms with van der Waals surface area (Å²) in [5, 5.41) is -0.685. The van der Waals surface area contributed by atoms with Gasteiger partial charge in [-0.1, -0.05) is 23.6 Å². The standard InChI is InChI=1S/C11H13N3O3S3/c1-6(10(12)18)20(15,16)14-11-13-8-4-3-7(17-2)5-9(8)19-11/h3-6H,1-2H3,(H2,12,18)(H,13,14). The van der Waals surface area contributed by atoms with E-state index in [9.17, 15) is 8.42 Å². The molecule has 1 heterocycles. The molecule has 0 saturated heterocycles. The van der Waals surface area contributed by atoms with E-state index in [1.807, 2.05) is 0 Å². The zero-order valence-electron chi connectivity index (χ0n) is 10.8. The zero-order chi connectivity index (χ0) is 14.9. The topological polar surface area (TPSA) is 94.3 Å². The van der Waals surface area contributed by atoms with Crippen LogP contribution in [0.25, 0.3) is 10.2 Å². The minimum atomic E-state index is -3.68. The van der Waals surface area contributed by atoms with Crippen LogP contribution < -0.4 is 15.2 Å². The maximum Gasteiger partial charge on any atom is 0.243 e. The number of anilines is 1. The van der Waals surface area contributed by atoms with Crippen LogP contribution in [0.4, 0.5) is 5.13 Å². The van der Waals surface area contributed by atoms with Gasteiger partial charge in [0.15, 0.2) is 5.13 Å². The first-order chi connectivity index (χ1) is 9.33. The molecule has 0 aliphatic carbocycles. The monoisotopic (exact) mass is 331 g/mol. The highest BCUT2D eigenvalue weighted by Crippen LogP contribution is 2.29. The minimum absolute atomic E-state index is 0.0831. The summed E-state index contributed by atoms with van der Waals surface area (Å²) in [6, 6.07) is 5.32. The van der Waals surface area contributed by atoms with E-state index >= 15 is 0 Å². The predicted octanol–water partition coefficient (Wildman–Crippen LogP) is 1.72. The number of methoxy groups -OCH3 is 1. The molecule has 0 bridgehead atoms. The third kappa shape index (κ3) is 3.00. The summed E-state index contributed by atoms with van der Waals surface area (Å²) < 4.78 is 32.3. The second kappa shape index (κ2) is 5.51. The molecule has 6 nitrogen and oxygen atoms in total. The maximum absolute atomic E-state index is 12.0. The Morgan fingerprint density at radius 3 is 2.85 bits per heavy atom. The van der Waals surface area contributed by atoms with Gasteiger partial charge in [0.05, 0.1) is 22.3 Å². The van der Waals surface area contributed by atoms with Crippen LogP contribution in [0.2, 0.25) is 0 Å². The van der Waals surface area contributed by atoms with Gasteiger partial charge in [-0.3, -0.25) is 4.72 Å². The lowest BCUT2D eigenvalue weighted by Crippen LogP contribution is -2.35. The van der Waals surface area contributed by atoms with Gasteiger partial charge in [-0.15, -0.1) is 0 Å². The number of thiazole rings is 1. The molecular weight excluding hydrogens is 318 g/mol. The van der Waals surface area contributed by atoms with Gasteiger partial charge in [0, 0.05) is 0 Å². The van der Waals surface area contributed by atoms with Crippen molar-refractivity contribution in [2.24, 2.45) is 5.73 Å². The number of aromatic nitrogens is 1. The van der Waals surface area contributed by atoms with Crippen molar-refractivity contribution in [3.8, 4) is 5.75 Å². The fourth-order valence-corrected chi connectivity index (χ4v) is 3.85. The lowest BCUT2D eigenvalue weighted by atomic mass is 10.3. The van der Waals surface area contributed by atoms with Crippen LogP contribution >= 0.6 is 23.6 Å². The van der Waals surface area contributed by atoms with Crippen molar-refractivity contribution < 1.29 is 13.2 Å². The summed E-state index contributed by atoms with van der Waals surface area (Å²) in [5.74, 6) is 0.687. The Morgan fingerprint density at radius 1 is 1.55 bits per heavy atom. The molecule has 0 saturated carbocycles. The molecule has 108 valence electrons. The highest BCUT2D eigenvalue weighted by Gasteiger charge is 2.24. The summed E-state index contributed by atoms with van der Waals surface area (Å²) in [4.78, 5) is 4.12. The average Bonchev–Trinajstić information content (AvgIpc) is 2.77. The van der Waals surface area contributed by atoms with E-state index in [2.05, 4.69) is 9.71 Å². The lowest BCUT2D eigenvalue weighted by molar-refractivity contribution is 0.415. The van der Waals surface area contributed by atoms with E-state index in [1.165, 1.54) is 18.3 Å². The van der Waals surface area contributed by atoms with Crippen molar-refractivity contribution in [2.45, 2.75) is 12.2 Å². The van der Waals surface area contributed by atoms with Crippen LogP contribution in [-0.2, 0) is 10.0 Å². The fraction of sp³-hybridized carbons (Fsp3) is 0.273. The van der Waals surface area contributed by atoms with Crippen molar-refractivity contribution in [2.75, 3.05) is 11.8 Å². The lowest BCUT2D eigenvalue weighted by Gasteiger charge is -2.10. The van der Waals surface area contributed by atoms with E-state index in [1.54, 1.807) is 25.3 Å². The molecule has 0 radical (unpaired) electrons. The van der Waals surface area contributed by atoms with Crippen LogP contribution in [0.15, 0.2) is 18.2 Å². The van der Waals surface area contributed by atoms with E-state index in [0.29, 0.717) is 11.3 Å². The number of thiocarbonyl (C=S) groups is 1. The predicted molar refractivity (Wildman–Crippen MR) is 85.0 cm³/mol. The Hall–Kier alpha value is -1.45. The normalized spacial score (nSPS) is 13.1. The van der Waals surface area contributed by atoms with Crippen molar-refractivity contribution in [3.05, 3.63) is 18.2 Å². The minimum Gasteiger partial charge on any atom is -0.497 e. The van der Waals surface area contributed by atoms with Crippen LogP contribution in [0.3, 0.4) is 0 Å². The van der Waals surface area contributed by atoms with Gasteiger partial charge in [0.25, 0.3) is 0 Å². The molecule has 0 amide bonds. The van der Waals surface area contributed by atoms with Crippen molar-refractivity contribution in [1.82, 2.24) is 4.98 Å². The molecule has 2 aromatic rings. The van der Waals surface area contributed by atoms with Gasteiger partial charge in [-0.2, -0.15) is 0 Å². The van der Waals surface area contributed by atoms with E-state index in [4.69, 9.17) is 22.7 Å². The smallest absolute Gasteiger partial charge is 0.243 e. The number of ether oxygens (including phenoxy) is 1. The largest absolute Gasteiger partial charge is 0.497 e. The Balaban J connectivity index is 2.33. The van der Waals surface area contributed by atoms with Crippen LogP contribution in [0.1, 0.15) is 6.92 Å². The number of nitrogens with one attached hydrogen (secondary N) is 1. The van der Waals surface area contributed by atoms with Gasteiger partial charge in [-0.05, 0) is 25.1 Å². The van der Waals surface area contributed by atoms with E-state index in [-0.39, 0.29) is 10.1 Å². The highest BCUT2D eigenvalue weighted by molar-refractivity contribution is 7.95.